The Bertz CT molecular complexity index is 714. The lowest BCUT2D eigenvalue weighted by Gasteiger charge is -2.08. The molecule has 0 aliphatic heterocycles. The van der Waals surface area contributed by atoms with Gasteiger partial charge in [-0.25, -0.2) is 4.98 Å². The van der Waals surface area contributed by atoms with Crippen LogP contribution in [0.2, 0.25) is 0 Å². The largest absolute Gasteiger partial charge is 0.364 e. The first kappa shape index (κ1) is 17.5. The van der Waals surface area contributed by atoms with Crippen LogP contribution in [0.4, 0.5) is 5.13 Å². The van der Waals surface area contributed by atoms with Crippen LogP contribution < -0.4 is 16.8 Å². The third-order valence-electron chi connectivity index (χ3n) is 3.82. The molecule has 124 valence electrons. The van der Waals surface area contributed by atoms with E-state index >= 15 is 0 Å². The number of H-pyrrole nitrogens is 1. The zero-order valence-corrected chi connectivity index (χ0v) is 13.9. The number of rotatable bonds is 4. The minimum atomic E-state index is -0.521. The number of halogens is 1. The van der Waals surface area contributed by atoms with Crippen molar-refractivity contribution >= 4 is 40.7 Å². The topological polar surface area (TPSA) is 127 Å². The van der Waals surface area contributed by atoms with E-state index in [1.165, 1.54) is 11.3 Å². The highest BCUT2D eigenvalue weighted by molar-refractivity contribution is 7.14. The highest BCUT2D eigenvalue weighted by atomic mass is 35.5. The van der Waals surface area contributed by atoms with Gasteiger partial charge in [-0.05, 0) is 25.3 Å². The number of aromatic nitrogens is 2. The molecule has 1 aliphatic carbocycles. The Hall–Kier alpha value is -1.90. The van der Waals surface area contributed by atoms with E-state index in [4.69, 9.17) is 11.5 Å². The highest BCUT2D eigenvalue weighted by Gasteiger charge is 2.28. The molecule has 6 N–H and O–H groups in total. The second-order valence-corrected chi connectivity index (χ2v) is 6.32. The predicted octanol–water partition coefficient (Wildman–Crippen LogP) is 1.72. The van der Waals surface area contributed by atoms with Crippen LogP contribution in [-0.4, -0.2) is 27.8 Å². The molecule has 1 aliphatic rings. The SMILES string of the molecule is Cl.NC(=O)c1cc(-c2csc(NC(=O)C3CCC(N)C3)n2)c[nH]1. The van der Waals surface area contributed by atoms with Gasteiger partial charge in [0.05, 0.1) is 5.69 Å². The fraction of sp³-hybridized carbons (Fsp3) is 0.357. The summed E-state index contributed by atoms with van der Waals surface area (Å²) in [5.74, 6) is -0.579. The summed E-state index contributed by atoms with van der Waals surface area (Å²) in [6.07, 6.45) is 4.10. The standard InChI is InChI=1S/C14H17N5O2S.ClH/c15-9-2-1-7(3-9)13(21)19-14-18-11(6-22-14)8-4-10(12(16)20)17-5-8;/h4-7,9,17H,1-3,15H2,(H2,16,20)(H,18,19,21);1H. The van der Waals surface area contributed by atoms with Crippen molar-refractivity contribution in [3.8, 4) is 11.3 Å². The molecule has 2 aromatic rings. The van der Waals surface area contributed by atoms with Crippen molar-refractivity contribution in [2.45, 2.75) is 25.3 Å². The highest BCUT2D eigenvalue weighted by Crippen LogP contribution is 2.28. The number of nitrogens with zero attached hydrogens (tertiary/aromatic N) is 1. The number of nitrogens with one attached hydrogen (secondary N) is 2. The average molecular weight is 356 g/mol. The van der Waals surface area contributed by atoms with E-state index in [0.717, 1.165) is 24.8 Å². The predicted molar refractivity (Wildman–Crippen MR) is 91.6 cm³/mol. The van der Waals surface area contributed by atoms with Gasteiger partial charge in [0.2, 0.25) is 5.91 Å². The maximum Gasteiger partial charge on any atom is 0.265 e. The third kappa shape index (κ3) is 3.90. The smallest absolute Gasteiger partial charge is 0.265 e. The summed E-state index contributed by atoms with van der Waals surface area (Å²) >= 11 is 1.35. The first-order valence-electron chi connectivity index (χ1n) is 7.03. The Morgan fingerprint density at radius 3 is 2.78 bits per heavy atom. The van der Waals surface area contributed by atoms with Crippen LogP contribution >= 0.6 is 23.7 Å². The van der Waals surface area contributed by atoms with Gasteiger partial charge in [0.25, 0.3) is 5.91 Å². The van der Waals surface area contributed by atoms with Crippen molar-refractivity contribution in [1.82, 2.24) is 9.97 Å². The molecule has 2 aromatic heterocycles. The molecule has 0 radical (unpaired) electrons. The fourth-order valence-electron chi connectivity index (χ4n) is 2.61. The Balaban J connectivity index is 0.00000192. The number of primary amides is 1. The zero-order chi connectivity index (χ0) is 15.7. The lowest BCUT2D eigenvalue weighted by atomic mass is 10.1. The summed E-state index contributed by atoms with van der Waals surface area (Å²) in [6.45, 7) is 0. The maximum absolute atomic E-state index is 12.1. The van der Waals surface area contributed by atoms with Crippen LogP contribution in [0.15, 0.2) is 17.6 Å². The molecule has 0 bridgehead atoms. The number of anilines is 1. The maximum atomic E-state index is 12.1. The van der Waals surface area contributed by atoms with E-state index in [2.05, 4.69) is 15.3 Å². The summed E-state index contributed by atoms with van der Waals surface area (Å²) in [4.78, 5) is 30.4. The third-order valence-corrected chi connectivity index (χ3v) is 4.58. The van der Waals surface area contributed by atoms with Crippen molar-refractivity contribution in [2.75, 3.05) is 5.32 Å². The van der Waals surface area contributed by atoms with Gasteiger partial charge >= 0.3 is 0 Å². The van der Waals surface area contributed by atoms with E-state index in [1.54, 1.807) is 12.3 Å². The van der Waals surface area contributed by atoms with E-state index in [0.29, 0.717) is 16.5 Å². The number of hydrogen-bond acceptors (Lipinski definition) is 5. The zero-order valence-electron chi connectivity index (χ0n) is 12.2. The van der Waals surface area contributed by atoms with Crippen molar-refractivity contribution in [3.05, 3.63) is 23.3 Å². The Kier molecular flexibility index (Phi) is 5.40. The van der Waals surface area contributed by atoms with Crippen LogP contribution in [0.25, 0.3) is 11.3 Å². The molecule has 1 fully saturated rings. The van der Waals surface area contributed by atoms with Crippen molar-refractivity contribution in [1.29, 1.82) is 0 Å². The summed E-state index contributed by atoms with van der Waals surface area (Å²) in [5.41, 5.74) is 12.8. The number of thiazole rings is 1. The van der Waals surface area contributed by atoms with Crippen LogP contribution in [0, 0.1) is 5.92 Å². The molecular formula is C14H18ClN5O2S. The first-order chi connectivity index (χ1) is 10.5. The van der Waals surface area contributed by atoms with Crippen LogP contribution in [0.5, 0.6) is 0 Å². The first-order valence-corrected chi connectivity index (χ1v) is 7.91. The average Bonchev–Trinajstić information content (AvgIpc) is 3.16. The van der Waals surface area contributed by atoms with Gasteiger partial charge in [-0.2, -0.15) is 0 Å². The lowest BCUT2D eigenvalue weighted by Crippen LogP contribution is -2.23. The second kappa shape index (κ2) is 7.12. The van der Waals surface area contributed by atoms with E-state index in [1.807, 2.05) is 5.38 Å². The van der Waals surface area contributed by atoms with Gasteiger partial charge < -0.3 is 21.8 Å². The Morgan fingerprint density at radius 1 is 1.39 bits per heavy atom. The summed E-state index contributed by atoms with van der Waals surface area (Å²) in [5, 5.41) is 5.20. The Labute approximate surface area is 143 Å². The number of hydrogen-bond donors (Lipinski definition) is 4. The molecule has 2 unspecified atom stereocenters. The lowest BCUT2D eigenvalue weighted by molar-refractivity contribution is -0.119. The van der Waals surface area contributed by atoms with Gasteiger partial charge in [0.1, 0.15) is 5.69 Å². The normalized spacial score (nSPS) is 20.0. The minimum absolute atomic E-state index is 0. The number of aromatic amines is 1. The number of amides is 2. The van der Waals surface area contributed by atoms with Crippen LogP contribution in [0.1, 0.15) is 29.8 Å². The van der Waals surface area contributed by atoms with Gasteiger partial charge in [0, 0.05) is 29.1 Å². The fourth-order valence-corrected chi connectivity index (χ4v) is 3.33. The van der Waals surface area contributed by atoms with Gasteiger partial charge in [-0.1, -0.05) is 0 Å². The molecule has 7 nitrogen and oxygen atoms in total. The minimum Gasteiger partial charge on any atom is -0.364 e. The molecule has 0 aromatic carbocycles. The van der Waals surface area contributed by atoms with Crippen LogP contribution in [0.3, 0.4) is 0 Å². The molecule has 3 rings (SSSR count). The molecule has 23 heavy (non-hydrogen) atoms. The van der Waals surface area contributed by atoms with Gasteiger partial charge in [-0.15, -0.1) is 23.7 Å². The monoisotopic (exact) mass is 355 g/mol. The van der Waals surface area contributed by atoms with Crippen molar-refractivity contribution in [3.63, 3.8) is 0 Å². The molecule has 2 atom stereocenters. The number of carbonyl (C=O) groups is 2. The van der Waals surface area contributed by atoms with E-state index in [-0.39, 0.29) is 30.3 Å². The summed E-state index contributed by atoms with van der Waals surface area (Å²) in [7, 11) is 0. The molecule has 2 amide bonds. The molecule has 9 heteroatoms. The van der Waals surface area contributed by atoms with Gasteiger partial charge in [-0.3, -0.25) is 9.59 Å². The van der Waals surface area contributed by atoms with Gasteiger partial charge in [0.15, 0.2) is 5.13 Å². The van der Waals surface area contributed by atoms with Crippen molar-refractivity contribution in [2.24, 2.45) is 17.4 Å². The molecule has 0 saturated heterocycles. The Morgan fingerprint density at radius 2 is 2.17 bits per heavy atom. The molecule has 2 heterocycles. The second-order valence-electron chi connectivity index (χ2n) is 5.46. The molecule has 1 saturated carbocycles. The summed E-state index contributed by atoms with van der Waals surface area (Å²) in [6, 6.07) is 1.76. The van der Waals surface area contributed by atoms with E-state index in [9.17, 15) is 9.59 Å². The summed E-state index contributed by atoms with van der Waals surface area (Å²) < 4.78 is 0. The molecule has 0 spiro atoms. The van der Waals surface area contributed by atoms with Crippen molar-refractivity contribution < 1.29 is 9.59 Å². The number of carbonyl (C=O) groups excluding carboxylic acids is 2. The number of nitrogens with two attached hydrogens (primary N) is 2. The molecular weight excluding hydrogens is 338 g/mol. The van der Waals surface area contributed by atoms with E-state index < -0.39 is 5.91 Å². The van der Waals surface area contributed by atoms with Crippen LogP contribution in [-0.2, 0) is 4.79 Å². The quantitative estimate of drug-likeness (QED) is 0.665.